The van der Waals surface area contributed by atoms with Crippen molar-refractivity contribution >= 4 is 27.5 Å². The standard InChI is InChI=1S/C20H18F2N2OS/c1-3-9-24-19-16(22)11-15(21)12-17(19)26-20(24)23-18(25)10-14-7-5-13(4-2)6-8-14/h3,5-8,11-12H,1,4,9-10H2,2H3. The Kier molecular flexibility index (Phi) is 5.42. The quantitative estimate of drug-likeness (QED) is 0.611. The Morgan fingerprint density at radius 1 is 1.23 bits per heavy atom. The number of amides is 1. The van der Waals surface area contributed by atoms with Crippen molar-refractivity contribution in [3.05, 3.63) is 76.6 Å². The van der Waals surface area contributed by atoms with Gasteiger partial charge in [-0.1, -0.05) is 48.6 Å². The number of hydrogen-bond acceptors (Lipinski definition) is 2. The summed E-state index contributed by atoms with van der Waals surface area (Å²) in [4.78, 5) is 16.8. The Hall–Kier alpha value is -2.60. The van der Waals surface area contributed by atoms with Gasteiger partial charge in [0.15, 0.2) is 10.6 Å². The van der Waals surface area contributed by atoms with Crippen LogP contribution in [0.25, 0.3) is 10.2 Å². The van der Waals surface area contributed by atoms with Gasteiger partial charge < -0.3 is 4.57 Å². The highest BCUT2D eigenvalue weighted by atomic mass is 32.1. The van der Waals surface area contributed by atoms with E-state index in [1.54, 1.807) is 10.6 Å². The summed E-state index contributed by atoms with van der Waals surface area (Å²) in [6, 6.07) is 9.86. The molecule has 1 heterocycles. The van der Waals surface area contributed by atoms with Crippen molar-refractivity contribution in [2.75, 3.05) is 0 Å². The first-order chi connectivity index (χ1) is 12.5. The maximum atomic E-state index is 14.2. The molecule has 2 aromatic carbocycles. The maximum Gasteiger partial charge on any atom is 0.252 e. The minimum Gasteiger partial charge on any atom is -0.310 e. The molecule has 134 valence electrons. The molecule has 0 saturated carbocycles. The lowest BCUT2D eigenvalue weighted by atomic mass is 10.1. The number of fused-ring (bicyclic) bond motifs is 1. The third-order valence-corrected chi connectivity index (χ3v) is 5.04. The topological polar surface area (TPSA) is 34.4 Å². The molecule has 3 rings (SSSR count). The minimum absolute atomic E-state index is 0.156. The first-order valence-electron chi connectivity index (χ1n) is 8.26. The fourth-order valence-electron chi connectivity index (χ4n) is 2.73. The number of carbonyl (C=O) groups is 1. The van der Waals surface area contributed by atoms with Gasteiger partial charge in [-0.25, -0.2) is 8.78 Å². The number of carbonyl (C=O) groups excluding carboxylic acids is 1. The van der Waals surface area contributed by atoms with E-state index in [1.165, 1.54) is 11.6 Å². The molecule has 3 nitrogen and oxygen atoms in total. The zero-order valence-electron chi connectivity index (χ0n) is 14.3. The third-order valence-electron chi connectivity index (χ3n) is 4.01. The van der Waals surface area contributed by atoms with Gasteiger partial charge in [0, 0.05) is 12.6 Å². The van der Waals surface area contributed by atoms with E-state index in [0.29, 0.717) is 9.50 Å². The molecule has 0 N–H and O–H groups in total. The predicted octanol–water partition coefficient (Wildman–Crippen LogP) is 4.40. The highest BCUT2D eigenvalue weighted by Gasteiger charge is 2.13. The molecule has 0 aliphatic carbocycles. The molecule has 26 heavy (non-hydrogen) atoms. The zero-order valence-corrected chi connectivity index (χ0v) is 15.2. The number of benzene rings is 2. The van der Waals surface area contributed by atoms with Crippen LogP contribution in [0.4, 0.5) is 8.78 Å². The molecule has 0 aliphatic heterocycles. The van der Waals surface area contributed by atoms with Crippen molar-refractivity contribution in [1.29, 1.82) is 0 Å². The summed E-state index contributed by atoms with van der Waals surface area (Å²) in [5.74, 6) is -1.67. The van der Waals surface area contributed by atoms with Gasteiger partial charge in [-0.05, 0) is 23.6 Å². The first kappa shape index (κ1) is 18.2. The second kappa shape index (κ2) is 7.74. The van der Waals surface area contributed by atoms with Crippen LogP contribution in [0.15, 0.2) is 54.0 Å². The molecule has 0 unspecified atom stereocenters. The van der Waals surface area contributed by atoms with Crippen molar-refractivity contribution in [2.45, 2.75) is 26.3 Å². The lowest BCUT2D eigenvalue weighted by molar-refractivity contribution is -0.117. The molecule has 1 amide bonds. The van der Waals surface area contributed by atoms with Crippen LogP contribution < -0.4 is 4.80 Å². The van der Waals surface area contributed by atoms with E-state index >= 15 is 0 Å². The van der Waals surface area contributed by atoms with Crippen molar-refractivity contribution in [3.63, 3.8) is 0 Å². The van der Waals surface area contributed by atoms with E-state index in [9.17, 15) is 13.6 Å². The van der Waals surface area contributed by atoms with Crippen LogP contribution in [-0.2, 0) is 24.2 Å². The fraction of sp³-hybridized carbons (Fsp3) is 0.200. The Labute approximate surface area is 153 Å². The first-order valence-corrected chi connectivity index (χ1v) is 9.08. The highest BCUT2D eigenvalue weighted by molar-refractivity contribution is 7.16. The summed E-state index contributed by atoms with van der Waals surface area (Å²) in [6.07, 6.45) is 2.68. The van der Waals surface area contributed by atoms with E-state index < -0.39 is 11.6 Å². The molecule has 0 bridgehead atoms. The number of aryl methyl sites for hydroxylation is 1. The number of nitrogens with zero attached hydrogens (tertiary/aromatic N) is 2. The second-order valence-corrected chi connectivity index (χ2v) is 6.88. The van der Waals surface area contributed by atoms with Gasteiger partial charge in [0.1, 0.15) is 5.82 Å². The number of rotatable bonds is 5. The van der Waals surface area contributed by atoms with Gasteiger partial charge in [-0.2, -0.15) is 4.99 Å². The maximum absolute atomic E-state index is 14.2. The summed E-state index contributed by atoms with van der Waals surface area (Å²) in [5.41, 5.74) is 2.30. The van der Waals surface area contributed by atoms with E-state index in [-0.39, 0.29) is 24.4 Å². The number of aromatic nitrogens is 1. The van der Waals surface area contributed by atoms with Crippen LogP contribution in [0.3, 0.4) is 0 Å². The molecular formula is C20H18F2N2OS. The van der Waals surface area contributed by atoms with Crippen LogP contribution >= 0.6 is 11.3 Å². The van der Waals surface area contributed by atoms with Gasteiger partial charge >= 0.3 is 0 Å². The van der Waals surface area contributed by atoms with E-state index in [2.05, 4.69) is 18.5 Å². The summed E-state index contributed by atoms with van der Waals surface area (Å²) >= 11 is 1.08. The SMILES string of the molecule is C=CCn1c(=NC(=O)Cc2ccc(CC)cc2)sc2cc(F)cc(F)c21. The molecule has 0 saturated heterocycles. The molecule has 0 radical (unpaired) electrons. The van der Waals surface area contributed by atoms with E-state index in [4.69, 9.17) is 0 Å². The lowest BCUT2D eigenvalue weighted by Gasteiger charge is -2.02. The smallest absolute Gasteiger partial charge is 0.252 e. The monoisotopic (exact) mass is 372 g/mol. The number of halogens is 2. The van der Waals surface area contributed by atoms with Crippen LogP contribution in [0, 0.1) is 11.6 Å². The van der Waals surface area contributed by atoms with E-state index in [1.807, 2.05) is 24.3 Å². The Morgan fingerprint density at radius 3 is 2.58 bits per heavy atom. The fourth-order valence-corrected chi connectivity index (χ4v) is 3.82. The molecule has 1 aromatic heterocycles. The summed E-state index contributed by atoms with van der Waals surface area (Å²) in [7, 11) is 0. The molecular weight excluding hydrogens is 354 g/mol. The zero-order chi connectivity index (χ0) is 18.7. The molecule has 0 atom stereocenters. The number of allylic oxidation sites excluding steroid dienone is 1. The Bertz CT molecular complexity index is 1030. The van der Waals surface area contributed by atoms with Gasteiger partial charge in [-0.3, -0.25) is 4.79 Å². The largest absolute Gasteiger partial charge is 0.310 e. The van der Waals surface area contributed by atoms with Crippen molar-refractivity contribution in [1.82, 2.24) is 4.57 Å². The predicted molar refractivity (Wildman–Crippen MR) is 100 cm³/mol. The average molecular weight is 372 g/mol. The normalized spacial score (nSPS) is 11.9. The van der Waals surface area contributed by atoms with Crippen molar-refractivity contribution < 1.29 is 13.6 Å². The van der Waals surface area contributed by atoms with Gasteiger partial charge in [0.05, 0.1) is 16.6 Å². The number of thiazole rings is 1. The van der Waals surface area contributed by atoms with Crippen molar-refractivity contribution in [2.24, 2.45) is 4.99 Å². The molecule has 0 fully saturated rings. The molecule has 0 aliphatic rings. The molecule has 0 spiro atoms. The van der Waals surface area contributed by atoms with Crippen LogP contribution in [0.1, 0.15) is 18.1 Å². The molecule has 3 aromatic rings. The van der Waals surface area contributed by atoms with Crippen LogP contribution in [-0.4, -0.2) is 10.5 Å². The summed E-state index contributed by atoms with van der Waals surface area (Å²) < 4.78 is 29.6. The van der Waals surface area contributed by atoms with Gasteiger partial charge in [0.25, 0.3) is 5.91 Å². The molecule has 6 heteroatoms. The van der Waals surface area contributed by atoms with Gasteiger partial charge in [-0.15, -0.1) is 6.58 Å². The van der Waals surface area contributed by atoms with E-state index in [0.717, 1.165) is 29.4 Å². The minimum atomic E-state index is -0.679. The third kappa shape index (κ3) is 3.80. The Balaban J connectivity index is 1.99. The Morgan fingerprint density at radius 2 is 1.92 bits per heavy atom. The second-order valence-electron chi connectivity index (χ2n) is 5.87. The number of hydrogen-bond donors (Lipinski definition) is 0. The van der Waals surface area contributed by atoms with Crippen LogP contribution in [0.5, 0.6) is 0 Å². The summed E-state index contributed by atoms with van der Waals surface area (Å²) in [5, 5.41) is 0. The highest BCUT2D eigenvalue weighted by Crippen LogP contribution is 2.22. The lowest BCUT2D eigenvalue weighted by Crippen LogP contribution is -2.17. The van der Waals surface area contributed by atoms with Gasteiger partial charge in [0.2, 0.25) is 0 Å². The summed E-state index contributed by atoms with van der Waals surface area (Å²) in [6.45, 7) is 6.00. The van der Waals surface area contributed by atoms with Crippen LogP contribution in [0.2, 0.25) is 0 Å². The average Bonchev–Trinajstić information content (AvgIpc) is 2.93. The van der Waals surface area contributed by atoms with Crippen molar-refractivity contribution in [3.8, 4) is 0 Å².